The Kier molecular flexibility index (Phi) is 16.1. The van der Waals surface area contributed by atoms with Gasteiger partial charge in [0.25, 0.3) is 0 Å². The van der Waals surface area contributed by atoms with Crippen LogP contribution in [0.15, 0.2) is 62.0 Å². The van der Waals surface area contributed by atoms with Crippen molar-refractivity contribution in [1.29, 1.82) is 0 Å². The molecule has 0 unspecified atom stereocenters. The minimum Gasteiger partial charge on any atom is -0.850 e. The molecule has 0 fully saturated rings. The Labute approximate surface area is 170 Å². The fraction of sp³-hybridized carbons (Fsp3) is 0.222. The average Bonchev–Trinajstić information content (AvgIpc) is 2.63. The van der Waals surface area contributed by atoms with Crippen LogP contribution in [-0.4, -0.2) is 9.97 Å². The van der Waals surface area contributed by atoms with E-state index >= 15 is 0 Å². The molecule has 0 bridgehead atoms. The molecule has 2 aromatic rings. The van der Waals surface area contributed by atoms with E-state index in [1.54, 1.807) is 24.3 Å². The molecule has 0 saturated carbocycles. The first kappa shape index (κ1) is 24.2. The summed E-state index contributed by atoms with van der Waals surface area (Å²) < 4.78 is 2.57. The van der Waals surface area contributed by atoms with Crippen molar-refractivity contribution in [3.05, 3.63) is 83.4 Å². The van der Waals surface area contributed by atoms with Gasteiger partial charge in [-0.2, -0.15) is 0 Å². The van der Waals surface area contributed by atoms with Crippen molar-refractivity contribution in [3.8, 4) is 0 Å². The van der Waals surface area contributed by atoms with Crippen LogP contribution in [-0.2, 0) is 36.4 Å². The third-order valence-corrected chi connectivity index (χ3v) is 5.74. The van der Waals surface area contributed by atoms with E-state index in [1.165, 1.54) is 20.7 Å². The Morgan fingerprint density at radius 2 is 1.28 bits per heavy atom. The van der Waals surface area contributed by atoms with Gasteiger partial charge in [0.15, 0.2) is 0 Å². The normalized spacial score (nSPS) is 8.80. The Morgan fingerprint density at radius 1 is 0.880 bits per heavy atom. The summed E-state index contributed by atoms with van der Waals surface area (Å²) in [5, 5.41) is 21.5. The standard InChI is InChI=1S/2C6H5ClNO.2C3H5.Zr/c2*7-5-1-2-8-6(3-5)4-9;2*1-3-2;/h2*1-3H,4H2;2*3H,1-2H2;/q2*-1;;;+2. The molecule has 0 aliphatic rings. The minimum absolute atomic E-state index is 0.0547. The number of halogens is 2. The second-order valence-corrected chi connectivity index (χ2v) is 8.56. The maximum atomic E-state index is 10.2. The number of aromatic nitrogens is 2. The zero-order chi connectivity index (χ0) is 18.9. The fourth-order valence-electron chi connectivity index (χ4n) is 1.34. The third-order valence-electron chi connectivity index (χ3n) is 2.43. The van der Waals surface area contributed by atoms with Crippen LogP contribution >= 0.6 is 23.2 Å². The van der Waals surface area contributed by atoms with Gasteiger partial charge in [0.1, 0.15) is 0 Å². The summed E-state index contributed by atoms with van der Waals surface area (Å²) in [6.45, 7) is 6.67. The second-order valence-electron chi connectivity index (χ2n) is 4.46. The van der Waals surface area contributed by atoms with Crippen LogP contribution in [0.2, 0.25) is 18.3 Å². The number of allylic oxidation sites excluding steroid dienone is 2. The van der Waals surface area contributed by atoms with Crippen LogP contribution in [0.5, 0.6) is 0 Å². The van der Waals surface area contributed by atoms with E-state index in [1.807, 2.05) is 12.2 Å². The van der Waals surface area contributed by atoms with Gasteiger partial charge in [-0.15, -0.1) is 0 Å². The van der Waals surface area contributed by atoms with Gasteiger partial charge in [0.2, 0.25) is 0 Å². The Bertz CT molecular complexity index is 574. The quantitative estimate of drug-likeness (QED) is 0.491. The first-order valence-electron chi connectivity index (χ1n) is 7.36. The summed E-state index contributed by atoms with van der Waals surface area (Å²) in [5.74, 6) is 0. The van der Waals surface area contributed by atoms with Gasteiger partial charge in [-0.25, -0.2) is 0 Å². The van der Waals surface area contributed by atoms with E-state index in [-0.39, 0.29) is 36.4 Å². The van der Waals surface area contributed by atoms with Gasteiger partial charge in [-0.05, 0) is 24.3 Å². The molecule has 0 aliphatic heterocycles. The molecule has 132 valence electrons. The van der Waals surface area contributed by atoms with Crippen molar-refractivity contribution in [3.63, 3.8) is 0 Å². The maximum Gasteiger partial charge on any atom is 0.0438 e. The summed E-state index contributed by atoms with van der Waals surface area (Å²) in [7, 11) is 0. The molecule has 0 N–H and O–H groups in total. The molecule has 2 rings (SSSR count). The molecular formula is C18H20Cl2N2O2Zr. The van der Waals surface area contributed by atoms with Gasteiger partial charge in [0, 0.05) is 33.8 Å². The first-order chi connectivity index (χ1) is 12.1. The number of rotatable bonds is 6. The average molecular weight is 459 g/mol. The van der Waals surface area contributed by atoms with Crippen molar-refractivity contribution in [2.75, 3.05) is 0 Å². The molecule has 25 heavy (non-hydrogen) atoms. The molecule has 0 aromatic carbocycles. The molecule has 0 amide bonds. The van der Waals surface area contributed by atoms with Crippen LogP contribution in [0.25, 0.3) is 0 Å². The Balaban J connectivity index is 0.000000350. The topological polar surface area (TPSA) is 71.9 Å². The molecule has 2 aromatic heterocycles. The van der Waals surface area contributed by atoms with Crippen LogP contribution in [0, 0.1) is 0 Å². The summed E-state index contributed by atoms with van der Waals surface area (Å²) in [4.78, 5) is 7.52. The predicted molar refractivity (Wildman–Crippen MR) is 95.9 cm³/mol. The van der Waals surface area contributed by atoms with E-state index in [4.69, 9.17) is 23.2 Å². The van der Waals surface area contributed by atoms with Crippen molar-refractivity contribution >= 4 is 23.2 Å². The summed E-state index contributed by atoms with van der Waals surface area (Å²) >= 11 is 11.0. The Morgan fingerprint density at radius 3 is 1.52 bits per heavy atom. The van der Waals surface area contributed by atoms with Crippen LogP contribution in [0.4, 0.5) is 0 Å². The van der Waals surface area contributed by atoms with E-state index in [0.717, 1.165) is 0 Å². The van der Waals surface area contributed by atoms with Gasteiger partial charge in [0.05, 0.1) is 0 Å². The summed E-state index contributed by atoms with van der Waals surface area (Å²) in [5.41, 5.74) is 0.977. The Hall–Kier alpha value is -0.837. The molecular weight excluding hydrogens is 438 g/mol. The van der Waals surface area contributed by atoms with Gasteiger partial charge in [-0.3, -0.25) is 9.97 Å². The molecule has 0 aliphatic carbocycles. The van der Waals surface area contributed by atoms with Crippen LogP contribution in [0.1, 0.15) is 11.4 Å². The largest absolute Gasteiger partial charge is 0.850 e. The zero-order valence-corrected chi connectivity index (χ0v) is 17.8. The fourth-order valence-corrected chi connectivity index (χ4v) is 3.12. The van der Waals surface area contributed by atoms with E-state index in [0.29, 0.717) is 21.4 Å². The second kappa shape index (κ2) is 16.6. The maximum absolute atomic E-state index is 10.2. The summed E-state index contributed by atoms with van der Waals surface area (Å²) in [6.07, 6.45) is 7.07. The molecule has 0 radical (unpaired) electrons. The smallest absolute Gasteiger partial charge is 0.0438 e. The molecule has 7 heteroatoms. The third kappa shape index (κ3) is 14.1. The van der Waals surface area contributed by atoms with Gasteiger partial charge >= 0.3 is 56.8 Å². The SMILES string of the molecule is C=C[CH2][Zr+2][CH2]C=C.[O-]Cc1cc(Cl)ccn1.[O-]Cc1cc(Cl)ccn1. The predicted octanol–water partition coefficient (Wildman–Crippen LogP) is 3.47. The number of hydrogen-bond acceptors (Lipinski definition) is 4. The molecule has 4 nitrogen and oxygen atoms in total. The molecule has 2 heterocycles. The first-order valence-corrected chi connectivity index (χ1v) is 11.6. The van der Waals surface area contributed by atoms with Crippen LogP contribution in [0.3, 0.4) is 0 Å². The minimum atomic E-state index is -0.305. The monoisotopic (exact) mass is 456 g/mol. The molecule has 0 saturated heterocycles. The van der Waals surface area contributed by atoms with Gasteiger partial charge < -0.3 is 10.2 Å². The van der Waals surface area contributed by atoms with Crippen molar-refractivity contribution in [2.24, 2.45) is 0 Å². The summed E-state index contributed by atoms with van der Waals surface area (Å²) in [6, 6.07) is 6.41. The van der Waals surface area contributed by atoms with E-state index < -0.39 is 0 Å². The van der Waals surface area contributed by atoms with Crippen molar-refractivity contribution in [1.82, 2.24) is 9.97 Å². The van der Waals surface area contributed by atoms with Gasteiger partial charge in [-0.1, -0.05) is 36.4 Å². The molecule has 0 spiro atoms. The van der Waals surface area contributed by atoms with Crippen molar-refractivity contribution in [2.45, 2.75) is 21.5 Å². The van der Waals surface area contributed by atoms with E-state index in [9.17, 15) is 10.2 Å². The van der Waals surface area contributed by atoms with E-state index in [2.05, 4.69) is 23.1 Å². The van der Waals surface area contributed by atoms with Crippen LogP contribution < -0.4 is 10.2 Å². The zero-order valence-electron chi connectivity index (χ0n) is 13.8. The molecule has 0 atom stereocenters. The number of pyridine rings is 2. The van der Waals surface area contributed by atoms with Crippen molar-refractivity contribution < 1.29 is 33.4 Å². The number of nitrogens with zero attached hydrogens (tertiary/aromatic N) is 2. The number of hydrogen-bond donors (Lipinski definition) is 0.